The van der Waals surface area contributed by atoms with Gasteiger partial charge in [-0.1, -0.05) is 30.3 Å². The van der Waals surface area contributed by atoms with Gasteiger partial charge in [0.1, 0.15) is 5.75 Å². The molecular formula is C19H18N4O2S. The molecule has 0 fully saturated rings. The number of hydrogen-bond donors (Lipinski definition) is 1. The Morgan fingerprint density at radius 2 is 1.92 bits per heavy atom. The first-order valence-corrected chi connectivity index (χ1v) is 8.56. The van der Waals surface area contributed by atoms with Crippen LogP contribution in [0.5, 0.6) is 5.75 Å². The van der Waals surface area contributed by atoms with Crippen molar-refractivity contribution in [1.29, 1.82) is 0 Å². The summed E-state index contributed by atoms with van der Waals surface area (Å²) in [4.78, 5) is 10.9. The minimum absolute atomic E-state index is 0.348. The second-order valence-electron chi connectivity index (χ2n) is 5.65. The number of ether oxygens (including phenoxy) is 1. The lowest BCUT2D eigenvalue weighted by Crippen LogP contribution is -2.02. The minimum Gasteiger partial charge on any atom is -0.427 e. The average molecular weight is 366 g/mol. The Morgan fingerprint density at radius 3 is 2.62 bits per heavy atom. The molecule has 3 rings (SSSR count). The molecule has 3 aromatic rings. The van der Waals surface area contributed by atoms with Crippen LogP contribution in [0.2, 0.25) is 0 Å². The predicted octanol–water partition coefficient (Wildman–Crippen LogP) is 3.53. The molecule has 0 atom stereocenters. The van der Waals surface area contributed by atoms with Gasteiger partial charge in [0.05, 0.1) is 6.21 Å². The fourth-order valence-electron chi connectivity index (χ4n) is 2.42. The fraction of sp³-hybridized carbons (Fsp3) is 0.158. The number of carbonyl (C=O) groups is 1. The highest BCUT2D eigenvalue weighted by Crippen LogP contribution is 2.12. The number of H-pyrrole nitrogens is 1. The Bertz CT molecular complexity index is 959. The summed E-state index contributed by atoms with van der Waals surface area (Å²) in [6.45, 7) is 1.37. The van der Waals surface area contributed by atoms with Crippen LogP contribution in [0.3, 0.4) is 0 Å². The summed E-state index contributed by atoms with van der Waals surface area (Å²) in [6.07, 6.45) is 3.27. The number of nitrogens with one attached hydrogen (secondary N) is 1. The maximum absolute atomic E-state index is 10.9. The normalized spacial score (nSPS) is 11.0. The van der Waals surface area contributed by atoms with Crippen LogP contribution in [-0.4, -0.2) is 27.1 Å². The van der Waals surface area contributed by atoms with Crippen LogP contribution >= 0.6 is 12.2 Å². The molecule has 26 heavy (non-hydrogen) atoms. The van der Waals surface area contributed by atoms with Crippen molar-refractivity contribution in [2.45, 2.75) is 19.8 Å². The van der Waals surface area contributed by atoms with E-state index >= 15 is 0 Å². The summed E-state index contributed by atoms with van der Waals surface area (Å²) in [5, 5.41) is 11.5. The lowest BCUT2D eigenvalue weighted by Gasteiger charge is -2.02. The quantitative estimate of drug-likeness (QED) is 0.313. The molecule has 6 nitrogen and oxygen atoms in total. The van der Waals surface area contributed by atoms with E-state index in [4.69, 9.17) is 17.0 Å². The summed E-state index contributed by atoms with van der Waals surface area (Å²) in [6, 6.07) is 17.3. The lowest BCUT2D eigenvalue weighted by molar-refractivity contribution is -0.131. The zero-order chi connectivity index (χ0) is 18.4. The van der Waals surface area contributed by atoms with E-state index in [0.29, 0.717) is 10.5 Å². The third-order valence-electron chi connectivity index (χ3n) is 3.66. The molecule has 0 aliphatic heterocycles. The highest BCUT2D eigenvalue weighted by atomic mass is 32.1. The number of rotatable bonds is 6. The summed E-state index contributed by atoms with van der Waals surface area (Å²) >= 11 is 5.26. The average Bonchev–Trinajstić information content (AvgIpc) is 2.99. The van der Waals surface area contributed by atoms with E-state index in [2.05, 4.69) is 27.4 Å². The highest BCUT2D eigenvalue weighted by molar-refractivity contribution is 7.71. The zero-order valence-electron chi connectivity index (χ0n) is 14.3. The first-order chi connectivity index (χ1) is 12.6. The summed E-state index contributed by atoms with van der Waals surface area (Å²) in [7, 11) is 0. The van der Waals surface area contributed by atoms with Crippen LogP contribution < -0.4 is 4.74 Å². The Morgan fingerprint density at radius 1 is 1.19 bits per heavy atom. The van der Waals surface area contributed by atoms with Crippen molar-refractivity contribution in [2.75, 3.05) is 0 Å². The van der Waals surface area contributed by atoms with Crippen LogP contribution in [0.1, 0.15) is 23.9 Å². The van der Waals surface area contributed by atoms with Gasteiger partial charge >= 0.3 is 5.97 Å². The van der Waals surface area contributed by atoms with E-state index in [1.165, 1.54) is 12.5 Å². The largest absolute Gasteiger partial charge is 0.427 e. The summed E-state index contributed by atoms with van der Waals surface area (Å²) in [5.74, 6) is 0.920. The van der Waals surface area contributed by atoms with Gasteiger partial charge in [-0.3, -0.25) is 9.89 Å². The molecule has 1 N–H and O–H groups in total. The molecule has 0 spiro atoms. The minimum atomic E-state index is -0.348. The first-order valence-electron chi connectivity index (χ1n) is 8.15. The van der Waals surface area contributed by atoms with Crippen LogP contribution in [-0.2, 0) is 17.6 Å². The van der Waals surface area contributed by atoms with E-state index in [-0.39, 0.29) is 5.97 Å². The van der Waals surface area contributed by atoms with Crippen molar-refractivity contribution in [3.8, 4) is 5.75 Å². The topological polar surface area (TPSA) is 72.3 Å². The van der Waals surface area contributed by atoms with Crippen molar-refractivity contribution in [3.63, 3.8) is 0 Å². The number of carbonyl (C=O) groups excluding carboxylic acids is 1. The number of hydrogen-bond acceptors (Lipinski definition) is 5. The van der Waals surface area contributed by atoms with Crippen molar-refractivity contribution >= 4 is 24.4 Å². The van der Waals surface area contributed by atoms with Crippen LogP contribution in [0.25, 0.3) is 0 Å². The first kappa shape index (κ1) is 17.8. The lowest BCUT2D eigenvalue weighted by atomic mass is 10.1. The number of aromatic nitrogens is 3. The molecule has 0 aliphatic carbocycles. The number of nitrogens with zero attached hydrogens (tertiary/aromatic N) is 3. The fourth-order valence-corrected chi connectivity index (χ4v) is 2.62. The number of aryl methyl sites for hydroxylation is 2. The van der Waals surface area contributed by atoms with E-state index < -0.39 is 0 Å². The smallest absolute Gasteiger partial charge is 0.308 e. The van der Waals surface area contributed by atoms with E-state index in [9.17, 15) is 4.79 Å². The van der Waals surface area contributed by atoms with Crippen molar-refractivity contribution in [1.82, 2.24) is 14.9 Å². The Hall–Kier alpha value is -3.06. The molecule has 1 heterocycles. The summed E-state index contributed by atoms with van der Waals surface area (Å²) in [5.41, 5.74) is 2.09. The van der Waals surface area contributed by atoms with Crippen LogP contribution in [0, 0.1) is 4.77 Å². The molecule has 0 saturated heterocycles. The molecule has 0 aliphatic rings. The van der Waals surface area contributed by atoms with Gasteiger partial charge in [0.25, 0.3) is 0 Å². The predicted molar refractivity (Wildman–Crippen MR) is 102 cm³/mol. The SMILES string of the molecule is CC(=O)Oc1ccc(/C=N\n2c(CCc3ccccc3)n[nH]c2=S)cc1. The van der Waals surface area contributed by atoms with Gasteiger partial charge in [-0.25, -0.2) is 0 Å². The molecule has 0 unspecified atom stereocenters. The second kappa shape index (κ2) is 8.35. The van der Waals surface area contributed by atoms with Gasteiger partial charge < -0.3 is 4.74 Å². The Balaban J connectivity index is 1.71. The van der Waals surface area contributed by atoms with E-state index in [1.54, 1.807) is 23.0 Å². The maximum atomic E-state index is 10.9. The molecule has 1 aromatic heterocycles. The van der Waals surface area contributed by atoms with Crippen LogP contribution in [0.4, 0.5) is 0 Å². The second-order valence-corrected chi connectivity index (χ2v) is 6.04. The number of aromatic amines is 1. The zero-order valence-corrected chi connectivity index (χ0v) is 15.1. The molecule has 0 radical (unpaired) electrons. The molecule has 0 bridgehead atoms. The van der Waals surface area contributed by atoms with Gasteiger partial charge in [-0.05, 0) is 54.0 Å². The van der Waals surface area contributed by atoms with Gasteiger partial charge in [-0.15, -0.1) is 0 Å². The third-order valence-corrected chi connectivity index (χ3v) is 3.93. The molecule has 0 amide bonds. The van der Waals surface area contributed by atoms with E-state index in [0.717, 1.165) is 24.2 Å². The van der Waals surface area contributed by atoms with Gasteiger partial charge in [0, 0.05) is 13.3 Å². The van der Waals surface area contributed by atoms with Gasteiger partial charge in [-0.2, -0.15) is 14.9 Å². The van der Waals surface area contributed by atoms with Gasteiger partial charge in [0.2, 0.25) is 4.77 Å². The highest BCUT2D eigenvalue weighted by Gasteiger charge is 2.05. The Kier molecular flexibility index (Phi) is 5.70. The van der Waals surface area contributed by atoms with Crippen molar-refractivity contribution in [3.05, 3.63) is 76.3 Å². The maximum Gasteiger partial charge on any atom is 0.308 e. The number of esters is 1. The van der Waals surface area contributed by atoms with Crippen molar-refractivity contribution < 1.29 is 9.53 Å². The van der Waals surface area contributed by atoms with Crippen molar-refractivity contribution in [2.24, 2.45) is 5.10 Å². The van der Waals surface area contributed by atoms with E-state index in [1.807, 2.05) is 30.3 Å². The molecule has 7 heteroatoms. The third kappa shape index (κ3) is 4.73. The molecular weight excluding hydrogens is 348 g/mol. The molecule has 2 aromatic carbocycles. The monoisotopic (exact) mass is 366 g/mol. The molecule has 132 valence electrons. The summed E-state index contributed by atoms with van der Waals surface area (Å²) < 4.78 is 7.08. The molecule has 0 saturated carbocycles. The van der Waals surface area contributed by atoms with Crippen LogP contribution in [0.15, 0.2) is 59.7 Å². The Labute approximate surface area is 156 Å². The van der Waals surface area contributed by atoms with Gasteiger partial charge in [0.15, 0.2) is 5.82 Å². The number of benzene rings is 2. The standard InChI is InChI=1S/C19H18N4O2S/c1-14(24)25-17-10-7-16(8-11-17)13-20-23-18(21-22-19(23)26)12-9-15-5-3-2-4-6-15/h2-8,10-11,13H,9,12H2,1H3,(H,22,26)/b20-13-.